The van der Waals surface area contributed by atoms with Gasteiger partial charge in [0.05, 0.1) is 36.8 Å². The average Bonchev–Trinajstić information content (AvgIpc) is 3.08. The summed E-state index contributed by atoms with van der Waals surface area (Å²) in [5, 5.41) is 22.5. The summed E-state index contributed by atoms with van der Waals surface area (Å²) in [7, 11) is 0. The van der Waals surface area contributed by atoms with E-state index in [9.17, 15) is 28.3 Å². The lowest BCUT2D eigenvalue weighted by Gasteiger charge is -2.48. The number of nitrogens with one attached hydrogen (secondary N) is 1. The first-order valence-electron chi connectivity index (χ1n) is 16.1. The molecule has 0 saturated carbocycles. The van der Waals surface area contributed by atoms with Gasteiger partial charge in [-0.15, -0.1) is 0 Å². The van der Waals surface area contributed by atoms with Crippen molar-refractivity contribution < 1.29 is 42.9 Å². The highest BCUT2D eigenvalue weighted by Gasteiger charge is 2.48. The molecule has 0 aromatic heterocycles. The second-order valence-corrected chi connectivity index (χ2v) is 12.5. The Labute approximate surface area is 282 Å². The third-order valence-corrected chi connectivity index (χ3v) is 9.17. The lowest BCUT2D eigenvalue weighted by atomic mass is 9.78. The zero-order valence-electron chi connectivity index (χ0n) is 26.6. The third kappa shape index (κ3) is 7.86. The number of carboxylic acid groups (broad SMARTS) is 1. The summed E-state index contributed by atoms with van der Waals surface area (Å²) in [6, 6.07) is 24.9. The molecule has 2 saturated heterocycles. The first-order valence-corrected chi connectivity index (χ1v) is 16.1. The van der Waals surface area contributed by atoms with Gasteiger partial charge < -0.3 is 29.9 Å². The number of hydrogen-bond donors (Lipinski definition) is 3. The number of aromatic carboxylic acids is 1. The van der Waals surface area contributed by atoms with Gasteiger partial charge in [-0.3, -0.25) is 9.59 Å². The van der Waals surface area contributed by atoms with Gasteiger partial charge >= 0.3 is 5.97 Å². The zero-order valence-corrected chi connectivity index (χ0v) is 26.6. The Bertz CT molecular complexity index is 1780. The number of benzene rings is 4. The molecule has 4 aromatic carbocycles. The van der Waals surface area contributed by atoms with Gasteiger partial charge in [0.2, 0.25) is 11.8 Å². The van der Waals surface area contributed by atoms with Crippen LogP contribution in [0.25, 0.3) is 0 Å². The van der Waals surface area contributed by atoms with E-state index >= 15 is 0 Å². The standard InChI is InChI=1S/C38H36F2N2O7/c39-28-9-5-25(6-10-28)33(43)18-17-32-35(42(36(32)45)31-15-11-29(40)12-16-31)26-3-1-24(2-4-26)19-20-38(22-48-23-38)49-21-34(44)41-30-13-7-27(8-14-30)37(46)47/h1-16,32-33,35,43H,17-23H2,(H,41,44)(H,46,47). The van der Waals surface area contributed by atoms with Crippen molar-refractivity contribution in [3.05, 3.63) is 131 Å². The van der Waals surface area contributed by atoms with E-state index in [1.807, 2.05) is 24.3 Å². The maximum atomic E-state index is 13.7. The Hall–Kier alpha value is -4.97. The topological polar surface area (TPSA) is 125 Å². The van der Waals surface area contributed by atoms with Crippen LogP contribution in [0.4, 0.5) is 20.2 Å². The lowest BCUT2D eigenvalue weighted by Crippen LogP contribution is -2.55. The number of aliphatic hydroxyl groups excluding tert-OH is 1. The Morgan fingerprint density at radius 2 is 1.55 bits per heavy atom. The SMILES string of the molecule is O=C(COC1(CCc2ccc(C3C(CCC(O)c4ccc(F)cc4)C(=O)N3c3ccc(F)cc3)cc2)COC1)Nc1ccc(C(=O)O)cc1. The number of nitrogens with zero attached hydrogens (tertiary/aromatic N) is 1. The summed E-state index contributed by atoms with van der Waals surface area (Å²) in [5.74, 6) is -2.72. The number of aryl methyl sites for hydroxylation is 1. The molecule has 3 unspecified atom stereocenters. The van der Waals surface area contributed by atoms with E-state index in [-0.39, 0.29) is 30.0 Å². The normalized spacial score (nSPS) is 18.7. The van der Waals surface area contributed by atoms with Crippen LogP contribution in [0.5, 0.6) is 0 Å². The van der Waals surface area contributed by atoms with Gasteiger partial charge in [-0.2, -0.15) is 0 Å². The van der Waals surface area contributed by atoms with Crippen molar-refractivity contribution in [1.29, 1.82) is 0 Å². The molecule has 2 heterocycles. The summed E-state index contributed by atoms with van der Waals surface area (Å²) >= 11 is 0. The molecule has 0 aliphatic carbocycles. The van der Waals surface area contributed by atoms with Crippen molar-refractivity contribution >= 4 is 29.2 Å². The molecule has 2 fully saturated rings. The number of hydrogen-bond acceptors (Lipinski definition) is 6. The molecule has 4 aromatic rings. The number of carboxylic acids is 1. The number of halogens is 2. The summed E-state index contributed by atoms with van der Waals surface area (Å²) in [4.78, 5) is 38.6. The van der Waals surface area contributed by atoms with Gasteiger partial charge in [-0.25, -0.2) is 13.6 Å². The number of aliphatic hydroxyl groups is 1. The summed E-state index contributed by atoms with van der Waals surface area (Å²) in [6.45, 7) is 0.525. The highest BCUT2D eigenvalue weighted by Crippen LogP contribution is 2.46. The van der Waals surface area contributed by atoms with Crippen LogP contribution in [0.15, 0.2) is 97.1 Å². The summed E-state index contributed by atoms with van der Waals surface area (Å²) in [5.41, 5.74) is 3.08. The third-order valence-electron chi connectivity index (χ3n) is 9.17. The fourth-order valence-corrected chi connectivity index (χ4v) is 6.28. The van der Waals surface area contributed by atoms with Crippen LogP contribution in [0, 0.1) is 17.6 Å². The van der Waals surface area contributed by atoms with Crippen LogP contribution in [0.3, 0.4) is 0 Å². The Balaban J connectivity index is 1.08. The van der Waals surface area contributed by atoms with Gasteiger partial charge in [-0.1, -0.05) is 36.4 Å². The highest BCUT2D eigenvalue weighted by molar-refractivity contribution is 6.03. The second kappa shape index (κ2) is 14.7. The Morgan fingerprint density at radius 3 is 2.14 bits per heavy atom. The lowest BCUT2D eigenvalue weighted by molar-refractivity contribution is -0.211. The maximum Gasteiger partial charge on any atom is 0.335 e. The molecule has 9 nitrogen and oxygen atoms in total. The molecule has 254 valence electrons. The van der Waals surface area contributed by atoms with E-state index in [0.717, 1.165) is 11.1 Å². The maximum absolute atomic E-state index is 13.7. The second-order valence-electron chi connectivity index (χ2n) is 12.5. The molecule has 2 aliphatic heterocycles. The number of carbonyl (C=O) groups excluding carboxylic acids is 2. The van der Waals surface area contributed by atoms with Crippen molar-refractivity contribution in [3.63, 3.8) is 0 Å². The molecule has 0 spiro atoms. The van der Waals surface area contributed by atoms with E-state index < -0.39 is 35.2 Å². The van der Waals surface area contributed by atoms with E-state index in [1.54, 1.807) is 17.0 Å². The van der Waals surface area contributed by atoms with Crippen molar-refractivity contribution in [2.45, 2.75) is 43.4 Å². The fourth-order valence-electron chi connectivity index (χ4n) is 6.28. The van der Waals surface area contributed by atoms with Gasteiger partial charge in [0.25, 0.3) is 0 Å². The molecule has 0 bridgehead atoms. The van der Waals surface area contributed by atoms with Crippen LogP contribution in [-0.4, -0.2) is 53.4 Å². The molecule has 3 N–H and O–H groups in total. The van der Waals surface area contributed by atoms with Crippen LogP contribution < -0.4 is 10.2 Å². The van der Waals surface area contributed by atoms with Gasteiger partial charge in [-0.05, 0) is 103 Å². The minimum Gasteiger partial charge on any atom is -0.478 e. The Morgan fingerprint density at radius 1 is 0.918 bits per heavy atom. The van der Waals surface area contributed by atoms with Crippen molar-refractivity contribution in [2.24, 2.45) is 5.92 Å². The molecule has 3 atom stereocenters. The molecule has 0 radical (unpaired) electrons. The summed E-state index contributed by atoms with van der Waals surface area (Å²) < 4.78 is 38.5. The van der Waals surface area contributed by atoms with Gasteiger partial charge in [0.15, 0.2) is 0 Å². The van der Waals surface area contributed by atoms with Crippen molar-refractivity contribution in [1.82, 2.24) is 0 Å². The largest absolute Gasteiger partial charge is 0.478 e. The number of β-lactam (4-membered cyclic amide) rings is 1. The Kier molecular flexibility index (Phi) is 10.1. The van der Waals surface area contributed by atoms with Crippen molar-refractivity contribution in [3.8, 4) is 0 Å². The smallest absolute Gasteiger partial charge is 0.335 e. The molecule has 2 aliphatic rings. The average molecular weight is 671 g/mol. The molecule has 6 rings (SSSR count). The number of carbonyl (C=O) groups is 3. The highest BCUT2D eigenvalue weighted by atomic mass is 19.1. The molecule has 11 heteroatoms. The number of anilines is 2. The van der Waals surface area contributed by atoms with Crippen LogP contribution >= 0.6 is 0 Å². The molecular formula is C38H36F2N2O7. The van der Waals surface area contributed by atoms with E-state index in [4.69, 9.17) is 14.6 Å². The minimum absolute atomic E-state index is 0.114. The number of ether oxygens (including phenoxy) is 2. The van der Waals surface area contributed by atoms with Gasteiger partial charge in [0.1, 0.15) is 23.8 Å². The van der Waals surface area contributed by atoms with Crippen LogP contribution in [0.2, 0.25) is 0 Å². The first kappa shape index (κ1) is 33.9. The van der Waals surface area contributed by atoms with E-state index in [1.165, 1.54) is 60.7 Å². The van der Waals surface area contributed by atoms with E-state index in [2.05, 4.69) is 5.32 Å². The van der Waals surface area contributed by atoms with Crippen molar-refractivity contribution in [2.75, 3.05) is 30.0 Å². The predicted octanol–water partition coefficient (Wildman–Crippen LogP) is 6.24. The molecule has 49 heavy (non-hydrogen) atoms. The number of amides is 2. The van der Waals surface area contributed by atoms with Crippen LogP contribution in [0.1, 0.15) is 58.5 Å². The van der Waals surface area contributed by atoms with E-state index in [0.29, 0.717) is 55.8 Å². The molecular weight excluding hydrogens is 634 g/mol. The van der Waals surface area contributed by atoms with Crippen LogP contribution in [-0.2, 0) is 25.5 Å². The summed E-state index contributed by atoms with van der Waals surface area (Å²) in [6.07, 6.45) is 1.13. The number of rotatable bonds is 14. The minimum atomic E-state index is -1.05. The van der Waals surface area contributed by atoms with Gasteiger partial charge in [0, 0.05) is 11.4 Å². The quantitative estimate of drug-likeness (QED) is 0.136. The monoisotopic (exact) mass is 670 g/mol. The zero-order chi connectivity index (χ0) is 34.5. The molecule has 2 amide bonds. The fraction of sp³-hybridized carbons (Fsp3) is 0.289. The first-order chi connectivity index (χ1) is 23.6. The predicted molar refractivity (Wildman–Crippen MR) is 177 cm³/mol.